The highest BCUT2D eigenvalue weighted by Crippen LogP contribution is 2.17. The van der Waals surface area contributed by atoms with Gasteiger partial charge in [-0.3, -0.25) is 0 Å². The molecule has 0 amide bonds. The minimum atomic E-state index is -0.232. The Hall–Kier alpha value is -1.56. The Bertz CT molecular complexity index is 524. The highest BCUT2D eigenvalue weighted by molar-refractivity contribution is 7.99. The molecule has 0 saturated heterocycles. The first-order valence-electron chi connectivity index (χ1n) is 6.29. The van der Waals surface area contributed by atoms with Crippen molar-refractivity contribution in [3.8, 4) is 0 Å². The lowest BCUT2D eigenvalue weighted by atomic mass is 10.3. The summed E-state index contributed by atoms with van der Waals surface area (Å²) in [5.74, 6) is 1.63. The lowest BCUT2D eigenvalue weighted by Crippen LogP contribution is -2.08. The van der Waals surface area contributed by atoms with Gasteiger partial charge in [0.05, 0.1) is 6.54 Å². The minimum absolute atomic E-state index is 0.232. The highest BCUT2D eigenvalue weighted by Gasteiger charge is 2.10. The number of hydrogen-bond donors (Lipinski definition) is 1. The van der Waals surface area contributed by atoms with Gasteiger partial charge < -0.3 is 9.88 Å². The average molecular weight is 280 g/mol. The Morgan fingerprint density at radius 3 is 2.58 bits per heavy atom. The zero-order valence-electron chi connectivity index (χ0n) is 11.1. The number of nitrogens with one attached hydrogen (secondary N) is 1. The van der Waals surface area contributed by atoms with E-state index in [9.17, 15) is 4.39 Å². The van der Waals surface area contributed by atoms with E-state index in [2.05, 4.69) is 33.9 Å². The van der Waals surface area contributed by atoms with Crippen molar-refractivity contribution in [2.45, 2.75) is 32.1 Å². The summed E-state index contributed by atoms with van der Waals surface area (Å²) in [7, 11) is 0. The zero-order valence-corrected chi connectivity index (χ0v) is 11.9. The molecule has 2 rings (SSSR count). The molecule has 0 spiro atoms. The quantitative estimate of drug-likeness (QED) is 0.825. The Balaban J connectivity index is 2.04. The Kier molecular flexibility index (Phi) is 4.79. The van der Waals surface area contributed by atoms with Crippen LogP contribution < -0.4 is 5.32 Å². The van der Waals surface area contributed by atoms with Gasteiger partial charge in [0.2, 0.25) is 0 Å². The van der Waals surface area contributed by atoms with Crippen molar-refractivity contribution in [3.05, 3.63) is 35.9 Å². The van der Waals surface area contributed by atoms with Crippen LogP contribution in [0.5, 0.6) is 0 Å². The van der Waals surface area contributed by atoms with Crippen LogP contribution in [0.3, 0.4) is 0 Å². The maximum Gasteiger partial charge on any atom is 0.191 e. The molecule has 0 aliphatic carbocycles. The second-order valence-corrected chi connectivity index (χ2v) is 5.17. The third-order valence-electron chi connectivity index (χ3n) is 2.68. The summed E-state index contributed by atoms with van der Waals surface area (Å²) in [6.07, 6.45) is 0. The Morgan fingerprint density at radius 2 is 1.95 bits per heavy atom. The average Bonchev–Trinajstić information content (AvgIpc) is 2.81. The van der Waals surface area contributed by atoms with Gasteiger partial charge in [0.25, 0.3) is 0 Å². The molecule has 1 aromatic heterocycles. The molecule has 0 atom stereocenters. The summed E-state index contributed by atoms with van der Waals surface area (Å²) >= 11 is 1.68. The van der Waals surface area contributed by atoms with Crippen molar-refractivity contribution < 1.29 is 4.39 Å². The second kappa shape index (κ2) is 6.56. The van der Waals surface area contributed by atoms with E-state index in [0.29, 0.717) is 6.54 Å². The molecule has 1 heterocycles. The smallest absolute Gasteiger partial charge is 0.191 e. The molecule has 19 heavy (non-hydrogen) atoms. The first-order valence-corrected chi connectivity index (χ1v) is 7.27. The van der Waals surface area contributed by atoms with Gasteiger partial charge in [0.15, 0.2) is 11.0 Å². The molecule has 1 aromatic carbocycles. The van der Waals surface area contributed by atoms with Crippen LogP contribution in [0, 0.1) is 5.82 Å². The summed E-state index contributed by atoms with van der Waals surface area (Å²) in [4.78, 5) is 0. The van der Waals surface area contributed by atoms with Gasteiger partial charge in [-0.15, -0.1) is 10.2 Å². The maximum absolute atomic E-state index is 12.8. The van der Waals surface area contributed by atoms with Gasteiger partial charge in [-0.05, 0) is 36.9 Å². The van der Waals surface area contributed by atoms with Crippen LogP contribution in [0.15, 0.2) is 29.4 Å². The van der Waals surface area contributed by atoms with E-state index in [1.54, 1.807) is 23.9 Å². The first kappa shape index (κ1) is 13.9. The SMILES string of the molecule is CCSc1nnc(CNc2ccc(F)cc2)n1CC. The molecule has 0 unspecified atom stereocenters. The third-order valence-corrected chi connectivity index (χ3v) is 3.53. The molecule has 0 saturated carbocycles. The van der Waals surface area contributed by atoms with Crippen molar-refractivity contribution in [2.75, 3.05) is 11.1 Å². The molecule has 2 aromatic rings. The van der Waals surface area contributed by atoms with Crippen molar-refractivity contribution in [1.82, 2.24) is 14.8 Å². The molecule has 0 aliphatic heterocycles. The number of nitrogens with zero attached hydrogens (tertiary/aromatic N) is 3. The van der Waals surface area contributed by atoms with Crippen LogP contribution in [-0.4, -0.2) is 20.5 Å². The predicted molar refractivity (Wildman–Crippen MR) is 75.8 cm³/mol. The van der Waals surface area contributed by atoms with Gasteiger partial charge in [-0.2, -0.15) is 0 Å². The number of hydrogen-bond acceptors (Lipinski definition) is 4. The van der Waals surface area contributed by atoms with Crippen molar-refractivity contribution in [3.63, 3.8) is 0 Å². The molecule has 6 heteroatoms. The number of thioether (sulfide) groups is 1. The number of aromatic nitrogens is 3. The summed E-state index contributed by atoms with van der Waals surface area (Å²) in [6.45, 7) is 5.59. The Labute approximate surface area is 116 Å². The maximum atomic E-state index is 12.8. The molecule has 0 fully saturated rings. The van der Waals surface area contributed by atoms with Crippen LogP contribution in [0.2, 0.25) is 0 Å². The van der Waals surface area contributed by atoms with Crippen LogP contribution in [0.25, 0.3) is 0 Å². The van der Waals surface area contributed by atoms with Crippen LogP contribution >= 0.6 is 11.8 Å². The van der Waals surface area contributed by atoms with E-state index in [-0.39, 0.29) is 5.82 Å². The molecule has 102 valence electrons. The van der Waals surface area contributed by atoms with Crippen molar-refractivity contribution in [2.24, 2.45) is 0 Å². The molecule has 1 N–H and O–H groups in total. The number of rotatable bonds is 6. The fourth-order valence-corrected chi connectivity index (χ4v) is 2.50. The second-order valence-electron chi connectivity index (χ2n) is 3.94. The molecule has 0 aliphatic rings. The van der Waals surface area contributed by atoms with Gasteiger partial charge in [-0.25, -0.2) is 4.39 Å². The monoisotopic (exact) mass is 280 g/mol. The zero-order chi connectivity index (χ0) is 13.7. The van der Waals surface area contributed by atoms with Gasteiger partial charge in [0, 0.05) is 12.2 Å². The number of halogens is 1. The molecular formula is C13H17FN4S. The predicted octanol–water partition coefficient (Wildman–Crippen LogP) is 3.16. The van der Waals surface area contributed by atoms with E-state index in [4.69, 9.17) is 0 Å². The van der Waals surface area contributed by atoms with Crippen LogP contribution in [-0.2, 0) is 13.1 Å². The van der Waals surface area contributed by atoms with Crippen LogP contribution in [0.1, 0.15) is 19.7 Å². The van der Waals surface area contributed by atoms with Gasteiger partial charge in [-0.1, -0.05) is 18.7 Å². The summed E-state index contributed by atoms with van der Waals surface area (Å²) < 4.78 is 14.9. The molecule has 0 radical (unpaired) electrons. The normalized spacial score (nSPS) is 10.7. The third kappa shape index (κ3) is 3.47. The standard InChI is InChI=1S/C13H17FN4S/c1-3-18-12(16-17-13(18)19-4-2)9-15-11-7-5-10(14)6-8-11/h5-8,15H,3-4,9H2,1-2H3. The van der Waals surface area contributed by atoms with E-state index >= 15 is 0 Å². The lowest BCUT2D eigenvalue weighted by Gasteiger charge is -2.08. The minimum Gasteiger partial charge on any atom is -0.378 e. The van der Waals surface area contributed by atoms with Crippen molar-refractivity contribution >= 4 is 17.4 Å². The van der Waals surface area contributed by atoms with Crippen molar-refractivity contribution in [1.29, 1.82) is 0 Å². The molecule has 0 bridgehead atoms. The summed E-state index contributed by atoms with van der Waals surface area (Å²) in [5.41, 5.74) is 0.872. The topological polar surface area (TPSA) is 42.7 Å². The fourth-order valence-electron chi connectivity index (χ4n) is 1.75. The molecule has 4 nitrogen and oxygen atoms in total. The largest absolute Gasteiger partial charge is 0.378 e. The van der Waals surface area contributed by atoms with Gasteiger partial charge >= 0.3 is 0 Å². The summed E-state index contributed by atoms with van der Waals surface area (Å²) in [6, 6.07) is 6.30. The lowest BCUT2D eigenvalue weighted by molar-refractivity contribution is 0.628. The van der Waals surface area contributed by atoms with E-state index in [0.717, 1.165) is 29.0 Å². The molecular weight excluding hydrogens is 263 g/mol. The summed E-state index contributed by atoms with van der Waals surface area (Å²) in [5, 5.41) is 12.5. The number of benzene rings is 1. The van der Waals surface area contributed by atoms with Crippen LogP contribution in [0.4, 0.5) is 10.1 Å². The van der Waals surface area contributed by atoms with E-state index in [1.807, 2.05) is 0 Å². The van der Waals surface area contributed by atoms with Gasteiger partial charge in [0.1, 0.15) is 5.82 Å². The Morgan fingerprint density at radius 1 is 1.21 bits per heavy atom. The number of anilines is 1. The van der Waals surface area contributed by atoms with E-state index < -0.39 is 0 Å². The fraction of sp³-hybridized carbons (Fsp3) is 0.385. The first-order chi connectivity index (χ1) is 9.24. The van der Waals surface area contributed by atoms with E-state index in [1.165, 1.54) is 12.1 Å². The highest BCUT2D eigenvalue weighted by atomic mass is 32.2.